The number of nitrogens with zero attached hydrogens (tertiary/aromatic N) is 3. The first-order chi connectivity index (χ1) is 18.5. The van der Waals surface area contributed by atoms with Crippen LogP contribution in [0.4, 0.5) is 10.5 Å². The number of benzene rings is 1. The molecule has 1 unspecified atom stereocenters. The molecule has 3 fully saturated rings. The second kappa shape index (κ2) is 10.6. The summed E-state index contributed by atoms with van der Waals surface area (Å²) in [7, 11) is 0. The minimum Gasteiger partial charge on any atom is -0.444 e. The average Bonchev–Trinajstić information content (AvgIpc) is 3.14. The maximum absolute atomic E-state index is 13.5. The molecule has 0 saturated carbocycles. The first kappa shape index (κ1) is 27.1. The Balaban J connectivity index is 1.17. The third-order valence-electron chi connectivity index (χ3n) is 8.33. The van der Waals surface area contributed by atoms with Crippen LogP contribution in [0, 0.1) is 11.8 Å². The van der Waals surface area contributed by atoms with Crippen molar-refractivity contribution in [1.29, 1.82) is 0 Å². The number of imide groups is 2. The van der Waals surface area contributed by atoms with E-state index in [1.54, 1.807) is 12.1 Å². The summed E-state index contributed by atoms with van der Waals surface area (Å²) in [6.45, 7) is 8.69. The molecule has 10 heteroatoms. The SMILES string of the molecule is CC(C)(C)OC(=O)N1CCC(CC2CCN(c3cccc4c3C(=O)N(C3CCC(=O)NC3=O)C4=O)CC2)CC1. The Bertz CT molecular complexity index is 1170. The highest BCUT2D eigenvalue weighted by Gasteiger charge is 2.46. The van der Waals surface area contributed by atoms with E-state index in [-0.39, 0.29) is 24.8 Å². The zero-order valence-electron chi connectivity index (χ0n) is 23.0. The Morgan fingerprint density at radius 3 is 2.18 bits per heavy atom. The van der Waals surface area contributed by atoms with Crippen molar-refractivity contribution in [2.24, 2.45) is 11.8 Å². The molecule has 0 spiro atoms. The average molecular weight is 539 g/mol. The van der Waals surface area contributed by atoms with E-state index in [1.807, 2.05) is 31.7 Å². The lowest BCUT2D eigenvalue weighted by molar-refractivity contribution is -0.136. The number of hydrogen-bond acceptors (Lipinski definition) is 7. The Kier molecular flexibility index (Phi) is 7.39. The van der Waals surface area contributed by atoms with Gasteiger partial charge >= 0.3 is 6.09 Å². The Morgan fingerprint density at radius 2 is 1.56 bits per heavy atom. The number of amides is 5. The van der Waals surface area contributed by atoms with Gasteiger partial charge in [0.15, 0.2) is 0 Å². The zero-order chi connectivity index (χ0) is 27.9. The van der Waals surface area contributed by atoms with Gasteiger partial charge in [-0.05, 0) is 83.3 Å². The van der Waals surface area contributed by atoms with E-state index in [2.05, 4.69) is 10.2 Å². The summed E-state index contributed by atoms with van der Waals surface area (Å²) < 4.78 is 5.51. The van der Waals surface area contributed by atoms with Crippen LogP contribution in [-0.2, 0) is 14.3 Å². The molecular formula is C29H38N4O6. The van der Waals surface area contributed by atoms with Crippen molar-refractivity contribution in [3.63, 3.8) is 0 Å². The van der Waals surface area contributed by atoms with Gasteiger partial charge in [0.05, 0.1) is 16.8 Å². The van der Waals surface area contributed by atoms with Gasteiger partial charge in [-0.1, -0.05) is 6.07 Å². The van der Waals surface area contributed by atoms with Crippen LogP contribution in [0.1, 0.15) is 86.4 Å². The number of ether oxygens (including phenoxy) is 1. The van der Waals surface area contributed by atoms with Crippen LogP contribution < -0.4 is 10.2 Å². The molecule has 1 aromatic rings. The second-order valence-electron chi connectivity index (χ2n) is 12.2. The minimum atomic E-state index is -0.963. The summed E-state index contributed by atoms with van der Waals surface area (Å²) >= 11 is 0. The van der Waals surface area contributed by atoms with Gasteiger partial charge in [0.1, 0.15) is 11.6 Å². The standard InChI is InChI=1S/C29H38N4O6/c1-29(2,3)39-28(38)32-15-11-19(12-16-32)17-18-9-13-31(14-10-18)21-6-4-5-20-24(21)27(37)33(26(20)36)22-7-8-23(34)30-25(22)35/h4-6,18-19,22H,7-17H2,1-3H3,(H,30,34,35). The lowest BCUT2D eigenvalue weighted by atomic mass is 9.82. The van der Waals surface area contributed by atoms with E-state index in [0.717, 1.165) is 68.9 Å². The molecule has 0 aliphatic carbocycles. The van der Waals surface area contributed by atoms with Crippen LogP contribution in [0.3, 0.4) is 0 Å². The number of fused-ring (bicyclic) bond motifs is 1. The monoisotopic (exact) mass is 538 g/mol. The Morgan fingerprint density at radius 1 is 0.923 bits per heavy atom. The fraction of sp³-hybridized carbons (Fsp3) is 0.621. The first-order valence-corrected chi connectivity index (χ1v) is 14.1. The van der Waals surface area contributed by atoms with Crippen molar-refractivity contribution in [3.05, 3.63) is 29.3 Å². The van der Waals surface area contributed by atoms with Crippen LogP contribution in [0.5, 0.6) is 0 Å². The third-order valence-corrected chi connectivity index (χ3v) is 8.33. The molecule has 1 aromatic carbocycles. The fourth-order valence-electron chi connectivity index (χ4n) is 6.32. The highest BCUT2D eigenvalue weighted by molar-refractivity contribution is 6.25. The lowest BCUT2D eigenvalue weighted by Gasteiger charge is -2.38. The van der Waals surface area contributed by atoms with Gasteiger partial charge in [-0.3, -0.25) is 29.4 Å². The number of carbonyl (C=O) groups is 5. The van der Waals surface area contributed by atoms with Crippen molar-refractivity contribution in [1.82, 2.24) is 15.1 Å². The zero-order valence-corrected chi connectivity index (χ0v) is 23.0. The number of anilines is 1. The van der Waals surface area contributed by atoms with E-state index in [9.17, 15) is 24.0 Å². The quantitative estimate of drug-likeness (QED) is 0.585. The van der Waals surface area contributed by atoms with Gasteiger partial charge < -0.3 is 14.5 Å². The number of nitrogens with one attached hydrogen (secondary N) is 1. The normalized spacial score (nSPS) is 23.3. The van der Waals surface area contributed by atoms with Crippen LogP contribution in [0.25, 0.3) is 0 Å². The van der Waals surface area contributed by atoms with Crippen molar-refractivity contribution < 1.29 is 28.7 Å². The molecule has 4 aliphatic rings. The maximum Gasteiger partial charge on any atom is 0.410 e. The summed E-state index contributed by atoms with van der Waals surface area (Å²) in [6, 6.07) is 4.35. The molecule has 1 atom stereocenters. The molecule has 1 N–H and O–H groups in total. The van der Waals surface area contributed by atoms with Crippen molar-refractivity contribution in [3.8, 4) is 0 Å². The molecule has 3 saturated heterocycles. The smallest absolute Gasteiger partial charge is 0.410 e. The highest BCUT2D eigenvalue weighted by atomic mass is 16.6. The molecule has 5 rings (SSSR count). The number of piperidine rings is 3. The summed E-state index contributed by atoms with van der Waals surface area (Å²) in [5, 5.41) is 2.25. The third kappa shape index (κ3) is 5.65. The molecule has 5 amide bonds. The minimum absolute atomic E-state index is 0.101. The Hall–Kier alpha value is -3.43. The number of carbonyl (C=O) groups excluding carboxylic acids is 5. The maximum atomic E-state index is 13.5. The Labute approximate surface area is 229 Å². The van der Waals surface area contributed by atoms with E-state index in [0.29, 0.717) is 23.0 Å². The number of hydrogen-bond donors (Lipinski definition) is 1. The van der Waals surface area contributed by atoms with Crippen molar-refractivity contribution in [2.75, 3.05) is 31.1 Å². The van der Waals surface area contributed by atoms with Crippen molar-refractivity contribution >= 4 is 35.4 Å². The van der Waals surface area contributed by atoms with E-state index >= 15 is 0 Å². The first-order valence-electron chi connectivity index (χ1n) is 14.1. The van der Waals surface area contributed by atoms with Gasteiger partial charge in [0.25, 0.3) is 11.8 Å². The molecule has 0 aromatic heterocycles. The topological polar surface area (TPSA) is 116 Å². The van der Waals surface area contributed by atoms with Crippen LogP contribution >= 0.6 is 0 Å². The molecule has 4 aliphatic heterocycles. The number of rotatable bonds is 4. The summed E-state index contributed by atoms with van der Waals surface area (Å²) in [5.41, 5.74) is 0.938. The van der Waals surface area contributed by atoms with Crippen LogP contribution in [0.2, 0.25) is 0 Å². The highest BCUT2D eigenvalue weighted by Crippen LogP contribution is 2.37. The largest absolute Gasteiger partial charge is 0.444 e. The van der Waals surface area contributed by atoms with Crippen LogP contribution in [-0.4, -0.2) is 77.3 Å². The molecule has 4 heterocycles. The molecule has 39 heavy (non-hydrogen) atoms. The molecule has 0 radical (unpaired) electrons. The van der Waals surface area contributed by atoms with Crippen LogP contribution in [0.15, 0.2) is 18.2 Å². The molecule has 10 nitrogen and oxygen atoms in total. The van der Waals surface area contributed by atoms with E-state index < -0.39 is 29.4 Å². The summed E-state index contributed by atoms with van der Waals surface area (Å²) in [4.78, 5) is 68.0. The summed E-state index contributed by atoms with van der Waals surface area (Å²) in [6.07, 6.45) is 5.11. The predicted molar refractivity (Wildman–Crippen MR) is 143 cm³/mol. The predicted octanol–water partition coefficient (Wildman–Crippen LogP) is 3.34. The molecule has 0 bridgehead atoms. The van der Waals surface area contributed by atoms with Gasteiger partial charge in [0.2, 0.25) is 11.8 Å². The van der Waals surface area contributed by atoms with E-state index in [1.165, 1.54) is 0 Å². The van der Waals surface area contributed by atoms with Gasteiger partial charge in [-0.25, -0.2) is 4.79 Å². The molecule has 210 valence electrons. The second-order valence-corrected chi connectivity index (χ2v) is 12.2. The van der Waals surface area contributed by atoms with Gasteiger partial charge in [-0.2, -0.15) is 0 Å². The van der Waals surface area contributed by atoms with E-state index in [4.69, 9.17) is 4.74 Å². The summed E-state index contributed by atoms with van der Waals surface area (Å²) in [5.74, 6) is -0.751. The van der Waals surface area contributed by atoms with Gasteiger partial charge in [0, 0.05) is 32.6 Å². The van der Waals surface area contributed by atoms with Crippen molar-refractivity contribution in [2.45, 2.75) is 77.4 Å². The lowest BCUT2D eigenvalue weighted by Crippen LogP contribution is -2.54. The fourth-order valence-corrected chi connectivity index (χ4v) is 6.32. The molecular weight excluding hydrogens is 500 g/mol. The number of likely N-dealkylation sites (tertiary alicyclic amines) is 1. The van der Waals surface area contributed by atoms with Gasteiger partial charge in [-0.15, -0.1) is 0 Å².